The fourth-order valence-corrected chi connectivity index (χ4v) is 3.11. The van der Waals surface area contributed by atoms with Gasteiger partial charge >= 0.3 is 0 Å². The summed E-state index contributed by atoms with van der Waals surface area (Å²) >= 11 is 3.46. The van der Waals surface area contributed by atoms with E-state index in [9.17, 15) is 0 Å². The second-order valence-electron chi connectivity index (χ2n) is 5.28. The normalized spacial score (nSPS) is 19.0. The van der Waals surface area contributed by atoms with Crippen LogP contribution in [0.3, 0.4) is 0 Å². The van der Waals surface area contributed by atoms with Crippen molar-refractivity contribution < 1.29 is 4.74 Å². The molecule has 104 valence electrons. The van der Waals surface area contributed by atoms with Crippen LogP contribution in [0.2, 0.25) is 0 Å². The van der Waals surface area contributed by atoms with Crippen molar-refractivity contribution in [2.45, 2.75) is 24.8 Å². The lowest BCUT2D eigenvalue weighted by atomic mass is 9.84. The number of para-hydroxylation sites is 1. The number of nitrogens with two attached hydrogens (primary N) is 1. The molecule has 0 spiro atoms. The van der Waals surface area contributed by atoms with Gasteiger partial charge in [0.15, 0.2) is 0 Å². The summed E-state index contributed by atoms with van der Waals surface area (Å²) in [6.45, 7) is 0.760. The molecule has 0 fully saturated rings. The maximum absolute atomic E-state index is 6.47. The van der Waals surface area contributed by atoms with E-state index in [1.165, 1.54) is 11.1 Å². The van der Waals surface area contributed by atoms with E-state index in [1.54, 1.807) is 0 Å². The highest BCUT2D eigenvalue weighted by Crippen LogP contribution is 2.35. The number of hydrogen-bond acceptors (Lipinski definition) is 2. The van der Waals surface area contributed by atoms with Crippen molar-refractivity contribution in [3.8, 4) is 5.75 Å². The number of hydrogen-bond donors (Lipinski definition) is 1. The molecule has 0 radical (unpaired) electrons. The minimum atomic E-state index is 0.126. The molecule has 3 heteroatoms. The molecule has 2 aromatic rings. The number of ether oxygens (including phenoxy) is 1. The molecule has 0 saturated heterocycles. The first-order valence-electron chi connectivity index (χ1n) is 6.96. The first-order valence-corrected chi connectivity index (χ1v) is 7.75. The molecule has 0 aromatic heterocycles. The molecule has 1 heterocycles. The van der Waals surface area contributed by atoms with Gasteiger partial charge in [-0.2, -0.15) is 0 Å². The Morgan fingerprint density at radius 2 is 1.90 bits per heavy atom. The zero-order valence-electron chi connectivity index (χ0n) is 11.3. The molecule has 2 aromatic carbocycles. The van der Waals surface area contributed by atoms with Gasteiger partial charge in [-0.3, -0.25) is 0 Å². The second kappa shape index (κ2) is 5.98. The first-order chi connectivity index (χ1) is 9.74. The lowest BCUT2D eigenvalue weighted by Crippen LogP contribution is -2.34. The number of rotatable bonds is 3. The summed E-state index contributed by atoms with van der Waals surface area (Å²) < 4.78 is 6.81. The average Bonchev–Trinajstić information content (AvgIpc) is 2.49. The number of benzene rings is 2. The molecule has 3 rings (SSSR count). The van der Waals surface area contributed by atoms with Gasteiger partial charge in [-0.1, -0.05) is 46.3 Å². The molecular weight excluding hydrogens is 314 g/mol. The first kappa shape index (κ1) is 13.7. The van der Waals surface area contributed by atoms with Crippen LogP contribution in [0.25, 0.3) is 0 Å². The summed E-state index contributed by atoms with van der Waals surface area (Å²) in [5, 5.41) is 0. The van der Waals surface area contributed by atoms with E-state index in [2.05, 4.69) is 52.3 Å². The van der Waals surface area contributed by atoms with Crippen molar-refractivity contribution >= 4 is 15.9 Å². The van der Waals surface area contributed by atoms with E-state index in [0.29, 0.717) is 5.92 Å². The van der Waals surface area contributed by atoms with Gasteiger partial charge in [-0.15, -0.1) is 0 Å². The van der Waals surface area contributed by atoms with Crippen molar-refractivity contribution in [3.63, 3.8) is 0 Å². The summed E-state index contributed by atoms with van der Waals surface area (Å²) in [5.41, 5.74) is 9.00. The van der Waals surface area contributed by atoms with Gasteiger partial charge in [0.2, 0.25) is 0 Å². The van der Waals surface area contributed by atoms with Gasteiger partial charge in [0, 0.05) is 16.4 Å². The Morgan fingerprint density at radius 1 is 1.15 bits per heavy atom. The highest BCUT2D eigenvalue weighted by atomic mass is 79.9. The van der Waals surface area contributed by atoms with Crippen molar-refractivity contribution in [3.05, 3.63) is 64.1 Å². The van der Waals surface area contributed by atoms with E-state index < -0.39 is 0 Å². The van der Waals surface area contributed by atoms with Crippen LogP contribution in [-0.4, -0.2) is 12.6 Å². The molecule has 2 unspecified atom stereocenters. The Morgan fingerprint density at radius 3 is 2.70 bits per heavy atom. The summed E-state index contributed by atoms with van der Waals surface area (Å²) in [6, 6.07) is 16.8. The molecule has 0 bridgehead atoms. The second-order valence-corrected chi connectivity index (χ2v) is 6.19. The summed E-state index contributed by atoms with van der Waals surface area (Å²) in [4.78, 5) is 0. The van der Waals surface area contributed by atoms with E-state index in [0.717, 1.165) is 29.7 Å². The maximum atomic E-state index is 6.47. The average molecular weight is 332 g/mol. The number of fused-ring (bicyclic) bond motifs is 1. The van der Waals surface area contributed by atoms with Crippen LogP contribution in [0.5, 0.6) is 5.75 Å². The van der Waals surface area contributed by atoms with Crippen LogP contribution in [0.1, 0.15) is 23.5 Å². The van der Waals surface area contributed by atoms with E-state index in [4.69, 9.17) is 10.5 Å². The minimum absolute atomic E-state index is 0.126. The number of halogens is 1. The molecule has 0 saturated carbocycles. The third kappa shape index (κ3) is 2.89. The molecule has 1 aliphatic rings. The van der Waals surface area contributed by atoms with Gasteiger partial charge in [-0.25, -0.2) is 0 Å². The maximum Gasteiger partial charge on any atom is 0.122 e. The lowest BCUT2D eigenvalue weighted by molar-refractivity contribution is 0.254. The minimum Gasteiger partial charge on any atom is -0.493 e. The van der Waals surface area contributed by atoms with Crippen LogP contribution in [0.4, 0.5) is 0 Å². The molecule has 0 aliphatic carbocycles. The predicted octanol–water partition coefficient (Wildman–Crippen LogP) is 3.89. The van der Waals surface area contributed by atoms with E-state index >= 15 is 0 Å². The Kier molecular flexibility index (Phi) is 4.08. The van der Waals surface area contributed by atoms with Gasteiger partial charge in [0.05, 0.1) is 6.61 Å². The smallest absolute Gasteiger partial charge is 0.122 e. The lowest BCUT2D eigenvalue weighted by Gasteiger charge is -2.30. The monoisotopic (exact) mass is 331 g/mol. The third-order valence-electron chi connectivity index (χ3n) is 3.91. The molecule has 2 N–H and O–H groups in total. The Hall–Kier alpha value is -1.32. The molecule has 2 nitrogen and oxygen atoms in total. The van der Waals surface area contributed by atoms with E-state index in [-0.39, 0.29) is 6.04 Å². The highest BCUT2D eigenvalue weighted by Gasteiger charge is 2.26. The van der Waals surface area contributed by atoms with Crippen LogP contribution in [0.15, 0.2) is 53.0 Å². The fourth-order valence-electron chi connectivity index (χ4n) is 2.85. The fraction of sp³-hybridized carbons (Fsp3) is 0.294. The van der Waals surface area contributed by atoms with Crippen LogP contribution < -0.4 is 10.5 Å². The van der Waals surface area contributed by atoms with Gasteiger partial charge in [-0.05, 0) is 42.2 Å². The Labute approximate surface area is 128 Å². The standard InChI is InChI=1S/C17H18BrNO/c18-13-7-5-12(6-8-13)11-16(19)14-9-10-20-17-4-2-1-3-15(14)17/h1-8,14,16H,9-11,19H2. The topological polar surface area (TPSA) is 35.2 Å². The molecule has 2 atom stereocenters. The summed E-state index contributed by atoms with van der Waals surface area (Å²) in [5.74, 6) is 1.37. The quantitative estimate of drug-likeness (QED) is 0.926. The van der Waals surface area contributed by atoms with Gasteiger partial charge in [0.1, 0.15) is 5.75 Å². The largest absolute Gasteiger partial charge is 0.493 e. The Bertz CT molecular complexity index is 582. The molecule has 20 heavy (non-hydrogen) atoms. The zero-order valence-corrected chi connectivity index (χ0v) is 12.8. The van der Waals surface area contributed by atoms with E-state index in [1.807, 2.05) is 12.1 Å². The Balaban J connectivity index is 1.78. The highest BCUT2D eigenvalue weighted by molar-refractivity contribution is 9.10. The summed E-state index contributed by atoms with van der Waals surface area (Å²) in [6.07, 6.45) is 1.89. The molecular formula is C17H18BrNO. The van der Waals surface area contributed by atoms with Crippen molar-refractivity contribution in [2.75, 3.05) is 6.61 Å². The van der Waals surface area contributed by atoms with Crippen LogP contribution in [-0.2, 0) is 6.42 Å². The van der Waals surface area contributed by atoms with Gasteiger partial charge in [0.25, 0.3) is 0 Å². The summed E-state index contributed by atoms with van der Waals surface area (Å²) in [7, 11) is 0. The van der Waals surface area contributed by atoms with Crippen LogP contribution >= 0.6 is 15.9 Å². The third-order valence-corrected chi connectivity index (χ3v) is 4.44. The zero-order chi connectivity index (χ0) is 13.9. The van der Waals surface area contributed by atoms with Crippen molar-refractivity contribution in [1.29, 1.82) is 0 Å². The van der Waals surface area contributed by atoms with Crippen molar-refractivity contribution in [1.82, 2.24) is 0 Å². The van der Waals surface area contributed by atoms with Crippen molar-refractivity contribution in [2.24, 2.45) is 5.73 Å². The molecule has 1 aliphatic heterocycles. The van der Waals surface area contributed by atoms with Gasteiger partial charge < -0.3 is 10.5 Å². The van der Waals surface area contributed by atoms with Crippen LogP contribution in [0, 0.1) is 0 Å². The SMILES string of the molecule is NC(Cc1ccc(Br)cc1)C1CCOc2ccccc21. The predicted molar refractivity (Wildman–Crippen MR) is 85.1 cm³/mol. The molecule has 0 amide bonds.